The van der Waals surface area contributed by atoms with E-state index in [1.54, 1.807) is 0 Å². The van der Waals surface area contributed by atoms with E-state index in [9.17, 15) is 0 Å². The maximum absolute atomic E-state index is 5.63. The summed E-state index contributed by atoms with van der Waals surface area (Å²) in [6.45, 7) is 6.02. The van der Waals surface area contributed by atoms with Crippen LogP contribution in [0, 0.1) is 0 Å². The second-order valence-corrected chi connectivity index (χ2v) is 3.95. The van der Waals surface area contributed by atoms with Crippen molar-refractivity contribution in [2.24, 2.45) is 0 Å². The number of rotatable bonds is 6. The Balaban J connectivity index is 0.000000771. The Labute approximate surface area is 111 Å². The average molecular weight is 248 g/mol. The predicted octanol–water partition coefficient (Wildman–Crippen LogP) is 3.96. The van der Waals surface area contributed by atoms with Crippen LogP contribution in [0.2, 0.25) is 0 Å². The Morgan fingerprint density at radius 2 is 1.89 bits per heavy atom. The molecule has 0 amide bonds. The maximum Gasteiger partial charge on any atom is 0.0759 e. The summed E-state index contributed by atoms with van der Waals surface area (Å²) in [6, 6.07) is 10.2. The van der Waals surface area contributed by atoms with Crippen molar-refractivity contribution in [3.05, 3.63) is 48.0 Å². The molecule has 0 aliphatic heterocycles. The predicted molar refractivity (Wildman–Crippen MR) is 75.6 cm³/mol. The van der Waals surface area contributed by atoms with E-state index in [4.69, 9.17) is 9.47 Å². The summed E-state index contributed by atoms with van der Waals surface area (Å²) in [6.07, 6.45) is 6.90. The monoisotopic (exact) mass is 248 g/mol. The Hall–Kier alpha value is -1.12. The van der Waals surface area contributed by atoms with E-state index in [0.29, 0.717) is 25.9 Å². The molecular weight excluding hydrogens is 224 g/mol. The first-order valence-corrected chi connectivity index (χ1v) is 6.85. The van der Waals surface area contributed by atoms with E-state index in [2.05, 4.69) is 24.3 Å². The average Bonchev–Trinajstić information content (AvgIpc) is 2.95. The van der Waals surface area contributed by atoms with E-state index < -0.39 is 0 Å². The zero-order chi connectivity index (χ0) is 13.1. The minimum Gasteiger partial charge on any atom is -0.374 e. The van der Waals surface area contributed by atoms with Crippen molar-refractivity contribution >= 4 is 0 Å². The van der Waals surface area contributed by atoms with Crippen molar-refractivity contribution in [2.75, 3.05) is 13.2 Å². The summed E-state index contributed by atoms with van der Waals surface area (Å²) in [5, 5.41) is 0. The summed E-state index contributed by atoms with van der Waals surface area (Å²) in [7, 11) is 0. The van der Waals surface area contributed by atoms with Gasteiger partial charge < -0.3 is 9.47 Å². The fourth-order valence-corrected chi connectivity index (χ4v) is 1.77. The van der Waals surface area contributed by atoms with Crippen molar-refractivity contribution in [1.29, 1.82) is 0 Å². The van der Waals surface area contributed by atoms with Gasteiger partial charge in [-0.1, -0.05) is 56.3 Å². The highest BCUT2D eigenvalue weighted by Crippen LogP contribution is 2.12. The van der Waals surface area contributed by atoms with Gasteiger partial charge in [-0.05, 0) is 18.4 Å². The van der Waals surface area contributed by atoms with E-state index in [1.165, 1.54) is 5.56 Å². The number of benzene rings is 1. The van der Waals surface area contributed by atoms with E-state index in [-0.39, 0.29) is 0 Å². The first kappa shape index (κ1) is 14.9. The molecule has 0 heterocycles. The molecule has 1 aromatic rings. The van der Waals surface area contributed by atoms with Crippen LogP contribution in [-0.2, 0) is 16.1 Å². The molecule has 0 aromatic heterocycles. The number of hydrogen-bond acceptors (Lipinski definition) is 2. The van der Waals surface area contributed by atoms with Gasteiger partial charge in [0, 0.05) is 0 Å². The molecule has 2 nitrogen and oxygen atoms in total. The van der Waals surface area contributed by atoms with E-state index >= 15 is 0 Å². The van der Waals surface area contributed by atoms with Crippen LogP contribution >= 0.6 is 0 Å². The lowest BCUT2D eigenvalue weighted by molar-refractivity contribution is 0.0179. The number of hydrogen-bond donors (Lipinski definition) is 0. The lowest BCUT2D eigenvalue weighted by Gasteiger charge is -2.10. The fraction of sp³-hybridized carbons (Fsp3) is 0.500. The van der Waals surface area contributed by atoms with Crippen LogP contribution in [0.15, 0.2) is 42.5 Å². The van der Waals surface area contributed by atoms with Crippen molar-refractivity contribution in [3.8, 4) is 0 Å². The highest BCUT2D eigenvalue weighted by molar-refractivity contribution is 5.13. The summed E-state index contributed by atoms with van der Waals surface area (Å²) < 4.78 is 11.2. The Morgan fingerprint density at radius 3 is 2.56 bits per heavy atom. The van der Waals surface area contributed by atoms with Gasteiger partial charge in [-0.25, -0.2) is 0 Å². The van der Waals surface area contributed by atoms with Gasteiger partial charge in [0.15, 0.2) is 0 Å². The zero-order valence-electron chi connectivity index (χ0n) is 11.5. The minimum atomic E-state index is 0.320. The third-order valence-corrected chi connectivity index (χ3v) is 2.64. The molecule has 0 saturated heterocycles. The molecule has 100 valence electrons. The zero-order valence-corrected chi connectivity index (χ0v) is 11.5. The molecular formula is C16H24O2. The van der Waals surface area contributed by atoms with Crippen LogP contribution in [0.1, 0.15) is 32.3 Å². The Kier molecular flexibility index (Phi) is 8.19. The number of allylic oxidation sites excluding steroid dienone is 1. The number of ether oxygens (including phenoxy) is 2. The second-order valence-electron chi connectivity index (χ2n) is 3.95. The van der Waals surface area contributed by atoms with Gasteiger partial charge in [0.05, 0.1) is 25.9 Å². The smallest absolute Gasteiger partial charge is 0.0759 e. The topological polar surface area (TPSA) is 18.5 Å². The van der Waals surface area contributed by atoms with Crippen molar-refractivity contribution in [3.63, 3.8) is 0 Å². The molecule has 1 atom stereocenters. The second kappa shape index (κ2) is 9.86. The van der Waals surface area contributed by atoms with Gasteiger partial charge in [-0.2, -0.15) is 0 Å². The first-order chi connectivity index (χ1) is 8.95. The molecule has 1 aliphatic rings. The van der Waals surface area contributed by atoms with E-state index in [1.807, 2.05) is 32.0 Å². The Bertz CT molecular complexity index is 319. The Morgan fingerprint density at radius 1 is 1.11 bits per heavy atom. The van der Waals surface area contributed by atoms with E-state index in [0.717, 1.165) is 12.8 Å². The van der Waals surface area contributed by atoms with Gasteiger partial charge in [0.1, 0.15) is 0 Å². The quantitative estimate of drug-likeness (QED) is 0.560. The van der Waals surface area contributed by atoms with Gasteiger partial charge in [-0.3, -0.25) is 0 Å². The van der Waals surface area contributed by atoms with Crippen LogP contribution in [0.25, 0.3) is 0 Å². The standard InChI is InChI=1S/C14H18O2.C2H6/c1-2-6-13(7-3-1)12-15-10-11-16-14-8-4-5-9-14;1-2/h1-4,6-8,14H,5,9-12H2;1-2H3. The van der Waals surface area contributed by atoms with Crippen LogP contribution in [0.4, 0.5) is 0 Å². The first-order valence-electron chi connectivity index (χ1n) is 6.85. The van der Waals surface area contributed by atoms with Gasteiger partial charge in [0.2, 0.25) is 0 Å². The van der Waals surface area contributed by atoms with Crippen LogP contribution in [0.5, 0.6) is 0 Å². The lowest BCUT2D eigenvalue weighted by Crippen LogP contribution is -2.11. The maximum atomic E-state index is 5.63. The third kappa shape index (κ3) is 5.99. The molecule has 0 bridgehead atoms. The summed E-state index contributed by atoms with van der Waals surface area (Å²) in [4.78, 5) is 0. The van der Waals surface area contributed by atoms with Crippen LogP contribution in [-0.4, -0.2) is 19.3 Å². The van der Waals surface area contributed by atoms with Gasteiger partial charge in [-0.15, -0.1) is 0 Å². The molecule has 0 spiro atoms. The molecule has 0 fully saturated rings. The molecule has 1 unspecified atom stereocenters. The SMILES string of the molecule is C1=CC(OCCOCc2ccccc2)CC1.CC. The minimum absolute atomic E-state index is 0.320. The molecule has 1 aliphatic carbocycles. The van der Waals surface area contributed by atoms with Crippen LogP contribution < -0.4 is 0 Å². The highest BCUT2D eigenvalue weighted by Gasteiger charge is 2.08. The summed E-state index contributed by atoms with van der Waals surface area (Å²) in [5.74, 6) is 0. The van der Waals surface area contributed by atoms with Crippen LogP contribution in [0.3, 0.4) is 0 Å². The summed E-state index contributed by atoms with van der Waals surface area (Å²) >= 11 is 0. The van der Waals surface area contributed by atoms with Gasteiger partial charge >= 0.3 is 0 Å². The summed E-state index contributed by atoms with van der Waals surface area (Å²) in [5.41, 5.74) is 1.21. The van der Waals surface area contributed by atoms with Crippen molar-refractivity contribution in [2.45, 2.75) is 39.4 Å². The van der Waals surface area contributed by atoms with Gasteiger partial charge in [0.25, 0.3) is 0 Å². The molecule has 0 radical (unpaired) electrons. The molecule has 0 N–H and O–H groups in total. The van der Waals surface area contributed by atoms with Crippen molar-refractivity contribution in [1.82, 2.24) is 0 Å². The highest BCUT2D eigenvalue weighted by atomic mass is 16.5. The lowest BCUT2D eigenvalue weighted by atomic mass is 10.2. The molecule has 0 saturated carbocycles. The largest absolute Gasteiger partial charge is 0.374 e. The third-order valence-electron chi connectivity index (χ3n) is 2.64. The fourth-order valence-electron chi connectivity index (χ4n) is 1.77. The normalized spacial score (nSPS) is 17.3. The van der Waals surface area contributed by atoms with Crippen molar-refractivity contribution < 1.29 is 9.47 Å². The molecule has 1 aromatic carbocycles. The molecule has 2 rings (SSSR count). The molecule has 18 heavy (non-hydrogen) atoms. The molecule has 2 heteroatoms.